The molecule has 1 aliphatic rings. The Morgan fingerprint density at radius 2 is 0.847 bits per heavy atom. The summed E-state index contributed by atoms with van der Waals surface area (Å²) in [4.78, 5) is 26.7. The molecule has 1 aliphatic heterocycles. The second-order valence-corrected chi connectivity index (χ2v) is 24.6. The van der Waals surface area contributed by atoms with Crippen LogP contribution in [0.25, 0.3) is 0 Å². The minimum absolute atomic E-state index is 0.109. The number of hydrogen-bond donors (Lipinski definition) is 6. The average molecular weight is 1200 g/mol. The molecule has 6 N–H and O–H groups in total. The molecule has 1 heterocycles. The van der Waals surface area contributed by atoms with Crippen LogP contribution in [0.4, 0.5) is 0 Å². The maximum absolute atomic E-state index is 13.5. The highest BCUT2D eigenvalue weighted by molar-refractivity contribution is 5.80. The van der Waals surface area contributed by atoms with Gasteiger partial charge in [-0.15, -0.1) is 0 Å². The molecule has 1 fully saturated rings. The Balaban J connectivity index is 2.60. The molecule has 494 valence electrons. The van der Waals surface area contributed by atoms with E-state index in [1.165, 1.54) is 161 Å². The normalized spacial score (nSPS) is 18.8. The number of carbonyl (C=O) groups is 2. The molecule has 0 aromatic heterocycles. The Kier molecular flexibility index (Phi) is 57.8. The third kappa shape index (κ3) is 48.7. The summed E-state index contributed by atoms with van der Waals surface area (Å²) in [6.45, 7) is 5.72. The van der Waals surface area contributed by atoms with Gasteiger partial charge in [-0.25, -0.2) is 0 Å². The van der Waals surface area contributed by atoms with E-state index in [4.69, 9.17) is 14.2 Å². The van der Waals surface area contributed by atoms with Crippen molar-refractivity contribution in [2.45, 2.75) is 372 Å². The first kappa shape index (κ1) is 80.1. The van der Waals surface area contributed by atoms with E-state index in [-0.39, 0.29) is 13.0 Å². The Labute approximate surface area is 521 Å². The van der Waals surface area contributed by atoms with Crippen LogP contribution in [0.5, 0.6) is 0 Å². The first-order valence-corrected chi connectivity index (χ1v) is 35.7. The van der Waals surface area contributed by atoms with Crippen LogP contribution in [0, 0.1) is 0 Å². The third-order valence-corrected chi connectivity index (χ3v) is 16.6. The van der Waals surface area contributed by atoms with Crippen LogP contribution in [0.2, 0.25) is 0 Å². The number of unbranched alkanes of at least 4 members (excludes halogenated alkanes) is 37. The zero-order valence-electron chi connectivity index (χ0n) is 55.0. The molecule has 1 rings (SSSR count). The van der Waals surface area contributed by atoms with E-state index in [0.29, 0.717) is 19.3 Å². The van der Waals surface area contributed by atoms with Crippen LogP contribution in [0.3, 0.4) is 0 Å². The summed E-state index contributed by atoms with van der Waals surface area (Å²) < 4.78 is 17.7. The molecule has 11 heteroatoms. The van der Waals surface area contributed by atoms with Gasteiger partial charge in [0, 0.05) is 6.42 Å². The molecule has 8 atom stereocenters. The van der Waals surface area contributed by atoms with Crippen molar-refractivity contribution in [3.8, 4) is 0 Å². The number of aliphatic hydroxyl groups excluding tert-OH is 5. The number of allylic oxidation sites excluding steroid dienone is 11. The van der Waals surface area contributed by atoms with E-state index >= 15 is 0 Å². The molecule has 11 nitrogen and oxygen atoms in total. The fourth-order valence-electron chi connectivity index (χ4n) is 11.0. The topological polar surface area (TPSA) is 175 Å². The summed E-state index contributed by atoms with van der Waals surface area (Å²) in [6, 6.07) is -1.03. The van der Waals surface area contributed by atoms with E-state index in [1.807, 2.05) is 6.08 Å². The molecule has 1 amide bonds. The number of rotatable bonds is 61. The third-order valence-electron chi connectivity index (χ3n) is 16.6. The van der Waals surface area contributed by atoms with Crippen LogP contribution >= 0.6 is 0 Å². The molecule has 0 aromatic rings. The quantitative estimate of drug-likeness (QED) is 0.0195. The molecule has 0 aliphatic carbocycles. The number of ether oxygens (including phenoxy) is 3. The van der Waals surface area contributed by atoms with Crippen LogP contribution in [-0.2, 0) is 23.8 Å². The van der Waals surface area contributed by atoms with Crippen LogP contribution in [-0.4, -0.2) is 99.6 Å². The summed E-state index contributed by atoms with van der Waals surface area (Å²) in [5, 5.41) is 57.3. The summed E-state index contributed by atoms with van der Waals surface area (Å²) in [6.07, 6.45) is 69.3. The summed E-state index contributed by atoms with van der Waals surface area (Å²) >= 11 is 0. The van der Waals surface area contributed by atoms with Crippen molar-refractivity contribution in [3.63, 3.8) is 0 Å². The number of nitrogens with one attached hydrogen (secondary N) is 1. The van der Waals surface area contributed by atoms with E-state index in [9.17, 15) is 35.1 Å². The van der Waals surface area contributed by atoms with Crippen molar-refractivity contribution in [1.29, 1.82) is 0 Å². The Morgan fingerprint density at radius 1 is 0.471 bits per heavy atom. The average Bonchev–Trinajstić information content (AvgIpc) is 2.49. The molecular formula is C74H133NO10. The van der Waals surface area contributed by atoms with Gasteiger partial charge in [0.1, 0.15) is 24.4 Å². The maximum Gasteiger partial charge on any atom is 0.306 e. The van der Waals surface area contributed by atoms with Crippen molar-refractivity contribution in [2.75, 3.05) is 13.2 Å². The molecule has 1 saturated heterocycles. The van der Waals surface area contributed by atoms with Crippen molar-refractivity contribution in [2.24, 2.45) is 0 Å². The summed E-state index contributed by atoms with van der Waals surface area (Å²) in [7, 11) is 0. The van der Waals surface area contributed by atoms with Crippen LogP contribution in [0.1, 0.15) is 323 Å². The summed E-state index contributed by atoms with van der Waals surface area (Å²) in [5.74, 6) is -1.20. The molecular weight excluding hydrogens is 1060 g/mol. The van der Waals surface area contributed by atoms with Gasteiger partial charge in [-0.05, 0) is 70.6 Å². The highest BCUT2D eigenvalue weighted by Crippen LogP contribution is 2.26. The minimum atomic E-state index is -1.62. The van der Waals surface area contributed by atoms with Gasteiger partial charge in [-0.3, -0.25) is 9.59 Å². The summed E-state index contributed by atoms with van der Waals surface area (Å²) in [5.41, 5.74) is 0. The van der Waals surface area contributed by atoms with Gasteiger partial charge in [0.25, 0.3) is 0 Å². The van der Waals surface area contributed by atoms with Gasteiger partial charge in [0.15, 0.2) is 12.4 Å². The first-order valence-electron chi connectivity index (χ1n) is 35.7. The molecule has 85 heavy (non-hydrogen) atoms. The van der Waals surface area contributed by atoms with E-state index < -0.39 is 67.4 Å². The van der Waals surface area contributed by atoms with E-state index in [0.717, 1.165) is 116 Å². The van der Waals surface area contributed by atoms with Gasteiger partial charge in [0.05, 0.1) is 25.4 Å². The van der Waals surface area contributed by atoms with Crippen molar-refractivity contribution in [3.05, 3.63) is 72.9 Å². The van der Waals surface area contributed by atoms with E-state index in [1.54, 1.807) is 6.08 Å². The standard InChI is InChI=1S/C74H133NO10/c1-4-7-10-13-16-19-22-25-27-29-31-33-34-35-37-39-41-44-47-50-53-56-59-62-69(79)85-72-71(81)70(80)68(63-76)84-74(72)83-64-65(66(77)60-57-54-51-48-45-42-24-21-18-15-12-9-6-3)75-73(82)67(78)61-58-55-52-49-46-43-40-38-36-32-30-28-26-23-20-17-14-11-8-5-2/h7,10,16,19,25,27,31,33,35,37,57,60,65-68,70-72,74,76-78,80-81H,4-6,8-9,11-15,17-18,20-24,26,28-30,32,34,36,38-56,58-59,61-64H2,1-3H3,(H,75,82)/b10-7-,19-16-,27-25-,33-31-,37-35-,60-57+. The Bertz CT molecular complexity index is 1660. The molecule has 0 radical (unpaired) electrons. The predicted molar refractivity (Wildman–Crippen MR) is 356 cm³/mol. The Morgan fingerprint density at radius 3 is 1.27 bits per heavy atom. The Hall–Kier alpha value is -2.90. The smallest absolute Gasteiger partial charge is 0.306 e. The molecule has 0 bridgehead atoms. The van der Waals surface area contributed by atoms with Gasteiger partial charge in [-0.2, -0.15) is 0 Å². The van der Waals surface area contributed by atoms with Gasteiger partial charge in [0.2, 0.25) is 5.91 Å². The fourth-order valence-corrected chi connectivity index (χ4v) is 11.0. The number of amides is 1. The molecule has 8 unspecified atom stereocenters. The highest BCUT2D eigenvalue weighted by atomic mass is 16.7. The van der Waals surface area contributed by atoms with Crippen molar-refractivity contribution < 1.29 is 49.3 Å². The first-order chi connectivity index (χ1) is 41.7. The number of hydrogen-bond acceptors (Lipinski definition) is 10. The van der Waals surface area contributed by atoms with Gasteiger partial charge < -0.3 is 45.1 Å². The molecule has 0 spiro atoms. The van der Waals surface area contributed by atoms with Gasteiger partial charge in [-0.1, -0.05) is 318 Å². The lowest BCUT2D eigenvalue weighted by molar-refractivity contribution is -0.305. The van der Waals surface area contributed by atoms with E-state index in [2.05, 4.69) is 86.8 Å². The number of aliphatic hydroxyl groups is 5. The van der Waals surface area contributed by atoms with Gasteiger partial charge >= 0.3 is 5.97 Å². The van der Waals surface area contributed by atoms with Crippen molar-refractivity contribution in [1.82, 2.24) is 5.32 Å². The van der Waals surface area contributed by atoms with Crippen LogP contribution in [0.15, 0.2) is 72.9 Å². The molecule has 0 aromatic carbocycles. The second-order valence-electron chi connectivity index (χ2n) is 24.6. The molecule has 0 saturated carbocycles. The monoisotopic (exact) mass is 1200 g/mol. The highest BCUT2D eigenvalue weighted by Gasteiger charge is 2.47. The van der Waals surface area contributed by atoms with Crippen molar-refractivity contribution >= 4 is 11.9 Å². The minimum Gasteiger partial charge on any atom is -0.454 e. The van der Waals surface area contributed by atoms with Crippen LogP contribution < -0.4 is 5.32 Å². The fraction of sp³-hybridized carbons (Fsp3) is 0.811. The SMILES string of the molecule is CC/C=C\C/C=C\C/C=C\C/C=C\C/C=C\CCCCCCCCCC(=O)OC1C(OCC(NC(=O)C(O)CCCCCCCCCCCCCCCCCCCCCC)C(O)/C=C/CCCCCCCCCCCCC)OC(CO)C(O)C1O. The zero-order chi connectivity index (χ0) is 61.7. The predicted octanol–water partition coefficient (Wildman–Crippen LogP) is 18.3. The number of carbonyl (C=O) groups excluding carboxylic acids is 2. The zero-order valence-corrected chi connectivity index (χ0v) is 55.0. The maximum atomic E-state index is 13.5. The lowest BCUT2D eigenvalue weighted by Gasteiger charge is -2.41. The lowest BCUT2D eigenvalue weighted by Crippen LogP contribution is -2.61. The second kappa shape index (κ2) is 61.3. The lowest BCUT2D eigenvalue weighted by atomic mass is 9.99. The number of esters is 1. The largest absolute Gasteiger partial charge is 0.454 e.